The minimum Gasteiger partial charge on any atom is -0.352 e. The van der Waals surface area contributed by atoms with Crippen molar-refractivity contribution in [2.75, 3.05) is 24.5 Å². The number of aromatic nitrogens is 5. The number of hydrogen-bond acceptors (Lipinski definition) is 6. The Kier molecular flexibility index (Phi) is 2.05. The quantitative estimate of drug-likeness (QED) is 0.734. The second kappa shape index (κ2) is 3.61. The third-order valence-electron chi connectivity index (χ3n) is 4.32. The van der Waals surface area contributed by atoms with Crippen molar-refractivity contribution in [2.45, 2.75) is 13.0 Å². The Bertz CT molecular complexity index is 580. The van der Waals surface area contributed by atoms with Crippen LogP contribution in [0.3, 0.4) is 0 Å². The van der Waals surface area contributed by atoms with E-state index < -0.39 is 0 Å². The smallest absolute Gasteiger partial charge is 0.199 e. The van der Waals surface area contributed by atoms with Crippen LogP contribution in [0.1, 0.15) is 6.92 Å². The maximum atomic E-state index is 4.24. The Morgan fingerprint density at radius 2 is 2.28 bits per heavy atom. The number of tetrazole rings is 1. The number of nitrogens with zero attached hydrogens (tertiary/aromatic N) is 6. The van der Waals surface area contributed by atoms with Crippen LogP contribution in [0.25, 0.3) is 5.65 Å². The van der Waals surface area contributed by atoms with Crippen molar-refractivity contribution in [1.29, 1.82) is 0 Å². The molecule has 0 spiro atoms. The summed E-state index contributed by atoms with van der Waals surface area (Å²) in [6.07, 6.45) is 3.54. The molecule has 7 heteroatoms. The van der Waals surface area contributed by atoms with Gasteiger partial charge in [-0.2, -0.15) is 4.52 Å². The average molecular weight is 245 g/mol. The van der Waals surface area contributed by atoms with Crippen molar-refractivity contribution in [1.82, 2.24) is 30.3 Å². The molecule has 2 aliphatic rings. The Labute approximate surface area is 104 Å². The van der Waals surface area contributed by atoms with Crippen LogP contribution < -0.4 is 10.2 Å². The predicted molar refractivity (Wildman–Crippen MR) is 65.2 cm³/mol. The zero-order chi connectivity index (χ0) is 12.1. The van der Waals surface area contributed by atoms with E-state index in [1.165, 1.54) is 0 Å². The van der Waals surface area contributed by atoms with Gasteiger partial charge in [0.25, 0.3) is 0 Å². The van der Waals surface area contributed by atoms with Gasteiger partial charge >= 0.3 is 0 Å². The van der Waals surface area contributed by atoms with E-state index in [4.69, 9.17) is 0 Å². The van der Waals surface area contributed by atoms with Crippen LogP contribution in [0.5, 0.6) is 0 Å². The summed E-state index contributed by atoms with van der Waals surface area (Å²) in [4.78, 5) is 6.62. The topological polar surface area (TPSA) is 71.2 Å². The predicted octanol–water partition coefficient (Wildman–Crippen LogP) is -0.437. The molecule has 7 nitrogen and oxygen atoms in total. The third-order valence-corrected chi connectivity index (χ3v) is 4.32. The van der Waals surface area contributed by atoms with E-state index in [-0.39, 0.29) is 0 Å². The average Bonchev–Trinajstić information content (AvgIpc) is 3.06. The van der Waals surface area contributed by atoms with Gasteiger partial charge in [0, 0.05) is 25.7 Å². The first kappa shape index (κ1) is 10.2. The lowest BCUT2D eigenvalue weighted by Gasteiger charge is -2.25. The molecule has 2 saturated heterocycles. The fraction of sp³-hybridized carbons (Fsp3) is 0.636. The second-order valence-electron chi connectivity index (χ2n) is 5.19. The van der Waals surface area contributed by atoms with Gasteiger partial charge in [-0.15, -0.1) is 5.10 Å². The summed E-state index contributed by atoms with van der Waals surface area (Å²) < 4.78 is 1.78. The Morgan fingerprint density at radius 1 is 1.33 bits per heavy atom. The highest BCUT2D eigenvalue weighted by Gasteiger charge is 2.42. The van der Waals surface area contributed by atoms with E-state index in [2.05, 4.69) is 37.6 Å². The molecule has 0 bridgehead atoms. The highest BCUT2D eigenvalue weighted by atomic mass is 15.5. The van der Waals surface area contributed by atoms with Crippen LogP contribution in [0.4, 0.5) is 5.82 Å². The maximum absolute atomic E-state index is 4.24. The lowest BCUT2D eigenvalue weighted by molar-refractivity contribution is 0.470. The number of rotatable bonds is 1. The van der Waals surface area contributed by atoms with E-state index >= 15 is 0 Å². The number of nitrogens with one attached hydrogen (secondary N) is 1. The summed E-state index contributed by atoms with van der Waals surface area (Å²) in [5.74, 6) is 2.45. The lowest BCUT2D eigenvalue weighted by Crippen LogP contribution is -2.34. The van der Waals surface area contributed by atoms with Crippen molar-refractivity contribution >= 4 is 11.5 Å². The maximum Gasteiger partial charge on any atom is 0.199 e. The van der Waals surface area contributed by atoms with E-state index in [0.717, 1.165) is 37.3 Å². The highest BCUT2D eigenvalue weighted by Crippen LogP contribution is 2.35. The summed E-state index contributed by atoms with van der Waals surface area (Å²) in [5.41, 5.74) is 0.704. The van der Waals surface area contributed by atoms with Crippen LogP contribution in [-0.4, -0.2) is 50.7 Å². The standard InChI is InChI=1S/C11H15N7/c1-7-9-3-12-2-8(9)6-17(7)11-5-13-4-10-14-15-16-18(10)11/h4-5,7-9,12H,2-3,6H2,1H3. The molecule has 4 heterocycles. The summed E-state index contributed by atoms with van der Waals surface area (Å²) >= 11 is 0. The molecule has 94 valence electrons. The normalized spacial score (nSPS) is 31.2. The molecular weight excluding hydrogens is 230 g/mol. The first-order valence-electron chi connectivity index (χ1n) is 6.34. The van der Waals surface area contributed by atoms with Gasteiger partial charge in [-0.05, 0) is 29.2 Å². The van der Waals surface area contributed by atoms with E-state index in [1.54, 1.807) is 10.7 Å². The molecule has 18 heavy (non-hydrogen) atoms. The molecule has 2 aliphatic heterocycles. The van der Waals surface area contributed by atoms with Crippen molar-refractivity contribution in [2.24, 2.45) is 11.8 Å². The van der Waals surface area contributed by atoms with Gasteiger partial charge < -0.3 is 10.2 Å². The van der Waals surface area contributed by atoms with Crippen molar-refractivity contribution in [3.63, 3.8) is 0 Å². The van der Waals surface area contributed by atoms with Crippen LogP contribution in [0, 0.1) is 11.8 Å². The number of hydrogen-bond donors (Lipinski definition) is 1. The van der Waals surface area contributed by atoms with Gasteiger partial charge in [0.05, 0.1) is 12.4 Å². The highest BCUT2D eigenvalue weighted by molar-refractivity contribution is 5.48. The molecule has 2 aromatic heterocycles. The second-order valence-corrected chi connectivity index (χ2v) is 5.19. The molecule has 2 fully saturated rings. The van der Waals surface area contributed by atoms with Gasteiger partial charge in [-0.25, -0.2) is 0 Å². The summed E-state index contributed by atoms with van der Waals surface area (Å²) in [6.45, 7) is 5.56. The Hall–Kier alpha value is -1.76. The summed E-state index contributed by atoms with van der Waals surface area (Å²) in [6, 6.07) is 0.501. The molecule has 1 N–H and O–H groups in total. The Morgan fingerprint density at radius 3 is 3.17 bits per heavy atom. The zero-order valence-electron chi connectivity index (χ0n) is 10.2. The molecule has 2 aromatic rings. The molecule has 3 atom stereocenters. The van der Waals surface area contributed by atoms with E-state index in [1.807, 2.05) is 6.20 Å². The molecule has 0 aliphatic carbocycles. The molecule has 4 rings (SSSR count). The minimum absolute atomic E-state index is 0.501. The fourth-order valence-corrected chi connectivity index (χ4v) is 3.33. The monoisotopic (exact) mass is 245 g/mol. The van der Waals surface area contributed by atoms with Crippen molar-refractivity contribution in [3.05, 3.63) is 12.4 Å². The van der Waals surface area contributed by atoms with Crippen LogP contribution >= 0.6 is 0 Å². The van der Waals surface area contributed by atoms with Crippen LogP contribution in [0.15, 0.2) is 12.4 Å². The van der Waals surface area contributed by atoms with Crippen LogP contribution in [0.2, 0.25) is 0 Å². The molecule has 0 radical (unpaired) electrons. The molecule has 3 unspecified atom stereocenters. The van der Waals surface area contributed by atoms with Crippen LogP contribution in [-0.2, 0) is 0 Å². The lowest BCUT2D eigenvalue weighted by atomic mass is 9.95. The SMILES string of the molecule is CC1C2CNCC2CN1c1cncc2nnnn12. The first-order chi connectivity index (χ1) is 8.84. The third kappa shape index (κ3) is 1.28. The largest absolute Gasteiger partial charge is 0.352 e. The van der Waals surface area contributed by atoms with Gasteiger partial charge in [-0.1, -0.05) is 0 Å². The van der Waals surface area contributed by atoms with Gasteiger partial charge in [0.15, 0.2) is 11.5 Å². The van der Waals surface area contributed by atoms with E-state index in [0.29, 0.717) is 11.7 Å². The molecule has 0 saturated carbocycles. The van der Waals surface area contributed by atoms with Crippen molar-refractivity contribution < 1.29 is 0 Å². The van der Waals surface area contributed by atoms with Gasteiger partial charge in [0.1, 0.15) is 0 Å². The van der Waals surface area contributed by atoms with Gasteiger partial charge in [0.2, 0.25) is 0 Å². The van der Waals surface area contributed by atoms with Gasteiger partial charge in [-0.3, -0.25) is 4.98 Å². The zero-order valence-corrected chi connectivity index (χ0v) is 10.2. The van der Waals surface area contributed by atoms with Crippen molar-refractivity contribution in [3.8, 4) is 0 Å². The summed E-state index contributed by atoms with van der Waals surface area (Å²) in [5, 5.41) is 15.2. The molecule has 0 aromatic carbocycles. The Balaban J connectivity index is 1.77. The summed E-state index contributed by atoms with van der Waals surface area (Å²) in [7, 11) is 0. The molecular formula is C11H15N7. The number of fused-ring (bicyclic) bond motifs is 2. The minimum atomic E-state index is 0.501. The fourth-order valence-electron chi connectivity index (χ4n) is 3.33. The number of anilines is 1. The molecule has 0 amide bonds. The van der Waals surface area contributed by atoms with E-state index in [9.17, 15) is 0 Å². The first-order valence-corrected chi connectivity index (χ1v) is 6.34.